The molecule has 4 heteroatoms. The predicted octanol–water partition coefficient (Wildman–Crippen LogP) is 1.45. The van der Waals surface area contributed by atoms with Crippen molar-refractivity contribution in [2.75, 3.05) is 32.7 Å². The third kappa shape index (κ3) is 3.93. The molecule has 2 saturated heterocycles. The monoisotopic (exact) mass is 267 g/mol. The number of nitrogens with zero attached hydrogens (tertiary/aromatic N) is 2. The fourth-order valence-corrected chi connectivity index (χ4v) is 3.38. The van der Waals surface area contributed by atoms with E-state index in [9.17, 15) is 4.79 Å². The quantitative estimate of drug-likeness (QED) is 0.820. The Morgan fingerprint density at radius 3 is 2.68 bits per heavy atom. The van der Waals surface area contributed by atoms with Crippen molar-refractivity contribution in [1.29, 1.82) is 0 Å². The maximum Gasteiger partial charge on any atom is 0.225 e. The maximum atomic E-state index is 12.3. The lowest BCUT2D eigenvalue weighted by Crippen LogP contribution is -2.42. The fourth-order valence-electron chi connectivity index (χ4n) is 3.38. The molecule has 2 aliphatic rings. The highest BCUT2D eigenvalue weighted by Gasteiger charge is 2.32. The molecule has 0 aromatic rings. The fraction of sp³-hybridized carbons (Fsp3) is 0.933. The predicted molar refractivity (Wildman–Crippen MR) is 77.9 cm³/mol. The molecule has 0 aliphatic carbocycles. The van der Waals surface area contributed by atoms with Crippen molar-refractivity contribution < 1.29 is 4.79 Å². The molecule has 0 bridgehead atoms. The van der Waals surface area contributed by atoms with Gasteiger partial charge in [0.2, 0.25) is 5.91 Å². The second-order valence-corrected chi connectivity index (χ2v) is 6.16. The number of amides is 1. The highest BCUT2D eigenvalue weighted by atomic mass is 16.2. The molecule has 2 atom stereocenters. The van der Waals surface area contributed by atoms with Gasteiger partial charge in [0.1, 0.15) is 0 Å². The molecule has 0 aromatic heterocycles. The number of nitrogens with two attached hydrogens (primary N) is 1. The molecule has 19 heavy (non-hydrogen) atoms. The van der Waals surface area contributed by atoms with E-state index in [1.54, 1.807) is 0 Å². The Bertz CT molecular complexity index is 289. The molecule has 0 radical (unpaired) electrons. The van der Waals surface area contributed by atoms with Crippen LogP contribution in [0.25, 0.3) is 0 Å². The van der Waals surface area contributed by atoms with Crippen LogP contribution >= 0.6 is 0 Å². The Morgan fingerprint density at radius 2 is 2.00 bits per heavy atom. The Labute approximate surface area is 117 Å². The van der Waals surface area contributed by atoms with E-state index in [0.717, 1.165) is 32.4 Å². The lowest BCUT2D eigenvalue weighted by Gasteiger charge is -2.32. The largest absolute Gasteiger partial charge is 0.341 e. The second-order valence-electron chi connectivity index (χ2n) is 6.16. The summed E-state index contributed by atoms with van der Waals surface area (Å²) in [7, 11) is 0. The highest BCUT2D eigenvalue weighted by Crippen LogP contribution is 2.22. The molecule has 2 heterocycles. The Morgan fingerprint density at radius 1 is 1.26 bits per heavy atom. The van der Waals surface area contributed by atoms with E-state index in [4.69, 9.17) is 5.73 Å². The number of piperidine rings is 1. The van der Waals surface area contributed by atoms with Crippen molar-refractivity contribution in [3.63, 3.8) is 0 Å². The standard InChI is InChI=1S/C15H29N3O/c1-13(6-5-8-16)15(19)18-11-7-14(12-18)17-9-3-2-4-10-17/h13-14H,2-12,16H2,1H3. The molecule has 2 aliphatic heterocycles. The summed E-state index contributed by atoms with van der Waals surface area (Å²) in [6.07, 6.45) is 7.09. The van der Waals surface area contributed by atoms with Gasteiger partial charge in [-0.05, 0) is 51.7 Å². The van der Waals surface area contributed by atoms with Gasteiger partial charge in [-0.1, -0.05) is 13.3 Å². The molecule has 4 nitrogen and oxygen atoms in total. The minimum absolute atomic E-state index is 0.142. The number of carbonyl (C=O) groups excluding carboxylic acids is 1. The summed E-state index contributed by atoms with van der Waals surface area (Å²) in [6.45, 7) is 7.10. The minimum atomic E-state index is 0.142. The number of likely N-dealkylation sites (tertiary alicyclic amines) is 2. The summed E-state index contributed by atoms with van der Waals surface area (Å²) in [5, 5.41) is 0. The van der Waals surface area contributed by atoms with E-state index in [0.29, 0.717) is 18.5 Å². The van der Waals surface area contributed by atoms with Crippen LogP contribution in [-0.2, 0) is 4.79 Å². The normalized spacial score (nSPS) is 26.6. The van der Waals surface area contributed by atoms with Crippen molar-refractivity contribution in [2.24, 2.45) is 11.7 Å². The molecular formula is C15H29N3O. The minimum Gasteiger partial charge on any atom is -0.341 e. The second kappa shape index (κ2) is 7.25. The van der Waals surface area contributed by atoms with Crippen molar-refractivity contribution in [1.82, 2.24) is 9.80 Å². The SMILES string of the molecule is CC(CCCN)C(=O)N1CCC(N2CCCCC2)C1. The molecule has 0 spiro atoms. The van der Waals surface area contributed by atoms with Gasteiger partial charge in [0.15, 0.2) is 0 Å². The van der Waals surface area contributed by atoms with Crippen molar-refractivity contribution in [2.45, 2.75) is 51.5 Å². The summed E-state index contributed by atoms with van der Waals surface area (Å²) in [6, 6.07) is 0.617. The molecule has 2 rings (SSSR count). The van der Waals surface area contributed by atoms with E-state index in [1.807, 2.05) is 6.92 Å². The van der Waals surface area contributed by atoms with Gasteiger partial charge in [-0.2, -0.15) is 0 Å². The van der Waals surface area contributed by atoms with E-state index in [2.05, 4.69) is 9.80 Å². The van der Waals surface area contributed by atoms with Gasteiger partial charge in [0.25, 0.3) is 0 Å². The van der Waals surface area contributed by atoms with Crippen molar-refractivity contribution in [3.05, 3.63) is 0 Å². The molecule has 0 saturated carbocycles. The maximum absolute atomic E-state index is 12.3. The molecule has 2 N–H and O–H groups in total. The van der Waals surface area contributed by atoms with Crippen LogP contribution in [0.4, 0.5) is 0 Å². The number of carbonyl (C=O) groups is 1. The number of rotatable bonds is 5. The lowest BCUT2D eigenvalue weighted by molar-refractivity contribution is -0.134. The van der Waals surface area contributed by atoms with Crippen LogP contribution in [0.15, 0.2) is 0 Å². The van der Waals surface area contributed by atoms with E-state index < -0.39 is 0 Å². The summed E-state index contributed by atoms with van der Waals surface area (Å²) in [4.78, 5) is 17.0. The molecular weight excluding hydrogens is 238 g/mol. The first-order valence-corrected chi connectivity index (χ1v) is 7.95. The zero-order valence-corrected chi connectivity index (χ0v) is 12.3. The van der Waals surface area contributed by atoms with E-state index in [-0.39, 0.29) is 5.92 Å². The molecule has 1 amide bonds. The Hall–Kier alpha value is -0.610. The van der Waals surface area contributed by atoms with Crippen molar-refractivity contribution in [3.8, 4) is 0 Å². The van der Waals surface area contributed by atoms with Crippen LogP contribution in [0, 0.1) is 5.92 Å². The summed E-state index contributed by atoms with van der Waals surface area (Å²) < 4.78 is 0. The smallest absolute Gasteiger partial charge is 0.225 e. The molecule has 110 valence electrons. The first-order valence-electron chi connectivity index (χ1n) is 7.95. The first-order chi connectivity index (χ1) is 9.22. The Kier molecular flexibility index (Phi) is 5.64. The summed E-state index contributed by atoms with van der Waals surface area (Å²) in [5.41, 5.74) is 5.52. The number of hydrogen-bond donors (Lipinski definition) is 1. The Balaban J connectivity index is 1.78. The number of hydrogen-bond acceptors (Lipinski definition) is 3. The molecule has 0 aromatic carbocycles. The van der Waals surface area contributed by atoms with Gasteiger partial charge in [-0.25, -0.2) is 0 Å². The average molecular weight is 267 g/mol. The summed E-state index contributed by atoms with van der Waals surface area (Å²) in [5.74, 6) is 0.483. The van der Waals surface area contributed by atoms with Crippen LogP contribution in [0.1, 0.15) is 45.4 Å². The van der Waals surface area contributed by atoms with Gasteiger partial charge in [0.05, 0.1) is 0 Å². The van der Waals surface area contributed by atoms with Gasteiger partial charge in [-0.3, -0.25) is 9.69 Å². The van der Waals surface area contributed by atoms with Crippen LogP contribution in [0.5, 0.6) is 0 Å². The van der Waals surface area contributed by atoms with Gasteiger partial charge >= 0.3 is 0 Å². The third-order valence-corrected chi connectivity index (χ3v) is 4.64. The topological polar surface area (TPSA) is 49.6 Å². The third-order valence-electron chi connectivity index (χ3n) is 4.64. The molecule has 2 unspecified atom stereocenters. The van der Waals surface area contributed by atoms with Crippen LogP contribution in [0.3, 0.4) is 0 Å². The average Bonchev–Trinajstić information content (AvgIpc) is 2.94. The zero-order valence-electron chi connectivity index (χ0n) is 12.3. The van der Waals surface area contributed by atoms with Crippen molar-refractivity contribution >= 4 is 5.91 Å². The van der Waals surface area contributed by atoms with E-state index in [1.165, 1.54) is 32.4 Å². The highest BCUT2D eigenvalue weighted by molar-refractivity contribution is 5.78. The zero-order chi connectivity index (χ0) is 13.7. The first kappa shape index (κ1) is 14.8. The summed E-state index contributed by atoms with van der Waals surface area (Å²) >= 11 is 0. The van der Waals surface area contributed by atoms with Gasteiger partial charge in [-0.15, -0.1) is 0 Å². The van der Waals surface area contributed by atoms with Crippen LogP contribution in [-0.4, -0.2) is 54.5 Å². The van der Waals surface area contributed by atoms with E-state index >= 15 is 0 Å². The van der Waals surface area contributed by atoms with Crippen LogP contribution in [0.2, 0.25) is 0 Å². The molecule has 2 fully saturated rings. The van der Waals surface area contributed by atoms with Gasteiger partial charge in [0, 0.05) is 25.0 Å². The lowest BCUT2D eigenvalue weighted by atomic mass is 10.0. The van der Waals surface area contributed by atoms with Crippen LogP contribution < -0.4 is 5.73 Å². The van der Waals surface area contributed by atoms with Gasteiger partial charge < -0.3 is 10.6 Å².